The normalized spacial score (nSPS) is 10.3. The van der Waals surface area contributed by atoms with E-state index in [9.17, 15) is 13.6 Å². The number of hydrogen-bond acceptors (Lipinski definition) is 1. The molecule has 0 spiro atoms. The van der Waals surface area contributed by atoms with E-state index >= 15 is 0 Å². The van der Waals surface area contributed by atoms with Crippen molar-refractivity contribution < 1.29 is 13.6 Å². The van der Waals surface area contributed by atoms with E-state index in [0.717, 1.165) is 12.1 Å². The fourth-order valence-electron chi connectivity index (χ4n) is 1.49. The molecule has 2 nitrogen and oxygen atoms in total. The van der Waals surface area contributed by atoms with Crippen molar-refractivity contribution >= 4 is 34.8 Å². The van der Waals surface area contributed by atoms with Gasteiger partial charge in [0.25, 0.3) is 5.91 Å². The van der Waals surface area contributed by atoms with Crippen LogP contribution in [0.3, 0.4) is 0 Å². The van der Waals surface area contributed by atoms with Crippen molar-refractivity contribution in [3.8, 4) is 0 Å². The molecule has 1 N–H and O–H groups in total. The Morgan fingerprint density at radius 2 is 1.68 bits per heavy atom. The number of hydrogen-bond donors (Lipinski definition) is 1. The quantitative estimate of drug-likeness (QED) is 0.868. The Hall–Kier alpha value is -1.65. The van der Waals surface area contributed by atoms with Crippen molar-refractivity contribution in [2.24, 2.45) is 0 Å². The van der Waals surface area contributed by atoms with Crippen molar-refractivity contribution in [1.29, 1.82) is 0 Å². The van der Waals surface area contributed by atoms with Crippen molar-refractivity contribution in [3.63, 3.8) is 0 Å². The van der Waals surface area contributed by atoms with Crippen molar-refractivity contribution in [2.45, 2.75) is 0 Å². The summed E-state index contributed by atoms with van der Waals surface area (Å²) in [5.74, 6) is -2.83. The van der Waals surface area contributed by atoms with Gasteiger partial charge in [0.15, 0.2) is 0 Å². The fourth-order valence-corrected chi connectivity index (χ4v) is 1.83. The Bertz CT molecular complexity index is 626. The number of amides is 1. The molecule has 0 saturated heterocycles. The van der Waals surface area contributed by atoms with Crippen LogP contribution in [-0.2, 0) is 0 Å². The fraction of sp³-hybridized carbons (Fsp3) is 0. The molecule has 98 valence electrons. The van der Waals surface area contributed by atoms with E-state index in [1.165, 1.54) is 24.3 Å². The SMILES string of the molecule is O=C(Nc1cc(Cl)ccc1Cl)c1c(F)cccc1F. The van der Waals surface area contributed by atoms with Crippen molar-refractivity contribution in [1.82, 2.24) is 0 Å². The molecule has 0 bridgehead atoms. The first-order valence-electron chi connectivity index (χ1n) is 5.19. The van der Waals surface area contributed by atoms with Crippen LogP contribution in [0.15, 0.2) is 36.4 Å². The zero-order valence-corrected chi connectivity index (χ0v) is 10.9. The van der Waals surface area contributed by atoms with E-state index in [1.54, 1.807) is 0 Å². The molecule has 0 aliphatic carbocycles. The highest BCUT2D eigenvalue weighted by molar-refractivity contribution is 6.35. The first-order valence-corrected chi connectivity index (χ1v) is 5.95. The number of nitrogens with one attached hydrogen (secondary N) is 1. The van der Waals surface area contributed by atoms with Crippen molar-refractivity contribution in [3.05, 3.63) is 63.6 Å². The molecule has 0 aromatic heterocycles. The van der Waals surface area contributed by atoms with Gasteiger partial charge in [-0.3, -0.25) is 4.79 Å². The van der Waals surface area contributed by atoms with Gasteiger partial charge in [-0.2, -0.15) is 0 Å². The Morgan fingerprint density at radius 3 is 2.32 bits per heavy atom. The Kier molecular flexibility index (Phi) is 4.02. The highest BCUT2D eigenvalue weighted by atomic mass is 35.5. The molecule has 2 aromatic carbocycles. The van der Waals surface area contributed by atoms with E-state index in [-0.39, 0.29) is 10.7 Å². The summed E-state index contributed by atoms with van der Waals surface area (Å²) in [5.41, 5.74) is -0.486. The molecule has 1 amide bonds. The zero-order chi connectivity index (χ0) is 14.0. The minimum Gasteiger partial charge on any atom is -0.320 e. The number of carbonyl (C=O) groups excluding carboxylic acids is 1. The topological polar surface area (TPSA) is 29.1 Å². The number of carbonyl (C=O) groups is 1. The minimum absolute atomic E-state index is 0.182. The van der Waals surface area contributed by atoms with Gasteiger partial charge in [-0.1, -0.05) is 29.3 Å². The Balaban J connectivity index is 2.34. The molecule has 19 heavy (non-hydrogen) atoms. The monoisotopic (exact) mass is 301 g/mol. The smallest absolute Gasteiger partial charge is 0.261 e. The third-order valence-corrected chi connectivity index (χ3v) is 2.93. The Morgan fingerprint density at radius 1 is 1.05 bits per heavy atom. The molecule has 2 aromatic rings. The first-order chi connectivity index (χ1) is 8.99. The molecule has 0 radical (unpaired) electrons. The third kappa shape index (κ3) is 3.03. The van der Waals surface area contributed by atoms with Crippen LogP contribution in [0.4, 0.5) is 14.5 Å². The van der Waals surface area contributed by atoms with Crippen LogP contribution >= 0.6 is 23.2 Å². The van der Waals surface area contributed by atoms with Gasteiger partial charge in [0, 0.05) is 5.02 Å². The van der Waals surface area contributed by atoms with Crippen LogP contribution in [0.1, 0.15) is 10.4 Å². The first kappa shape index (κ1) is 13.8. The van der Waals surface area contributed by atoms with Gasteiger partial charge in [-0.25, -0.2) is 8.78 Å². The average molecular weight is 302 g/mol. The summed E-state index contributed by atoms with van der Waals surface area (Å²) >= 11 is 11.6. The zero-order valence-electron chi connectivity index (χ0n) is 9.38. The van der Waals surface area contributed by atoms with Gasteiger partial charge in [0.1, 0.15) is 17.2 Å². The van der Waals surface area contributed by atoms with E-state index in [4.69, 9.17) is 23.2 Å². The van der Waals surface area contributed by atoms with Crippen LogP contribution in [0.2, 0.25) is 10.0 Å². The molecule has 0 aliphatic rings. The largest absolute Gasteiger partial charge is 0.320 e. The highest BCUT2D eigenvalue weighted by Gasteiger charge is 2.18. The van der Waals surface area contributed by atoms with Gasteiger partial charge < -0.3 is 5.32 Å². The molecule has 0 fully saturated rings. The molecule has 0 atom stereocenters. The summed E-state index contributed by atoms with van der Waals surface area (Å²) in [6, 6.07) is 7.56. The van der Waals surface area contributed by atoms with Gasteiger partial charge in [0.2, 0.25) is 0 Å². The third-order valence-electron chi connectivity index (χ3n) is 2.37. The van der Waals surface area contributed by atoms with Gasteiger partial charge in [-0.05, 0) is 30.3 Å². The molecule has 0 saturated carbocycles. The van der Waals surface area contributed by atoms with Crippen LogP contribution < -0.4 is 5.32 Å². The second-order valence-electron chi connectivity index (χ2n) is 3.67. The number of anilines is 1. The standard InChI is InChI=1S/C13H7Cl2F2NO/c14-7-4-5-8(15)11(6-7)18-13(19)12-9(16)2-1-3-10(12)17/h1-6H,(H,18,19). The van der Waals surface area contributed by atoms with E-state index in [1.807, 2.05) is 0 Å². The molecular weight excluding hydrogens is 295 g/mol. The van der Waals surface area contributed by atoms with Gasteiger partial charge >= 0.3 is 0 Å². The Labute approximate surface area is 118 Å². The maximum Gasteiger partial charge on any atom is 0.261 e. The maximum absolute atomic E-state index is 13.4. The van der Waals surface area contributed by atoms with Gasteiger partial charge in [0.05, 0.1) is 10.7 Å². The minimum atomic E-state index is -0.948. The summed E-state index contributed by atoms with van der Waals surface area (Å²) in [6.07, 6.45) is 0. The average Bonchev–Trinajstić information content (AvgIpc) is 2.33. The van der Waals surface area contributed by atoms with Crippen LogP contribution in [0.5, 0.6) is 0 Å². The molecule has 6 heteroatoms. The molecule has 0 heterocycles. The second kappa shape index (κ2) is 5.55. The lowest BCUT2D eigenvalue weighted by Gasteiger charge is -2.09. The lowest BCUT2D eigenvalue weighted by atomic mass is 10.2. The van der Waals surface area contributed by atoms with E-state index in [0.29, 0.717) is 5.02 Å². The summed E-state index contributed by atoms with van der Waals surface area (Å²) in [7, 11) is 0. The van der Waals surface area contributed by atoms with Crippen LogP contribution in [0.25, 0.3) is 0 Å². The van der Waals surface area contributed by atoms with E-state index < -0.39 is 23.1 Å². The molecule has 2 rings (SSSR count). The number of halogens is 4. The van der Waals surface area contributed by atoms with Crippen molar-refractivity contribution in [2.75, 3.05) is 5.32 Å². The lowest BCUT2D eigenvalue weighted by Crippen LogP contribution is -2.16. The second-order valence-corrected chi connectivity index (χ2v) is 4.52. The lowest BCUT2D eigenvalue weighted by molar-refractivity contribution is 0.101. The predicted octanol–water partition coefficient (Wildman–Crippen LogP) is 4.52. The maximum atomic E-state index is 13.4. The predicted molar refractivity (Wildman–Crippen MR) is 70.8 cm³/mol. The van der Waals surface area contributed by atoms with Crippen LogP contribution in [-0.4, -0.2) is 5.91 Å². The number of rotatable bonds is 2. The molecule has 0 aliphatic heterocycles. The molecular formula is C13H7Cl2F2NO. The summed E-state index contributed by atoms with van der Waals surface area (Å²) in [6.45, 7) is 0. The van der Waals surface area contributed by atoms with E-state index in [2.05, 4.69) is 5.32 Å². The molecule has 0 unspecified atom stereocenters. The van der Waals surface area contributed by atoms with Gasteiger partial charge in [-0.15, -0.1) is 0 Å². The number of benzene rings is 2. The van der Waals surface area contributed by atoms with Crippen LogP contribution in [0, 0.1) is 11.6 Å². The summed E-state index contributed by atoms with van der Waals surface area (Å²) in [5, 5.41) is 2.87. The highest BCUT2D eigenvalue weighted by Crippen LogP contribution is 2.26. The summed E-state index contributed by atoms with van der Waals surface area (Å²) < 4.78 is 26.8. The summed E-state index contributed by atoms with van der Waals surface area (Å²) in [4.78, 5) is 11.8.